The highest BCUT2D eigenvalue weighted by Crippen LogP contribution is 2.32. The monoisotopic (exact) mass is 666 g/mol. The number of quaternary nitrogens is 1. The average Bonchev–Trinajstić information content (AvgIpc) is 3.71. The summed E-state index contributed by atoms with van der Waals surface area (Å²) in [5, 5.41) is 16.5. The lowest BCUT2D eigenvalue weighted by Crippen LogP contribution is -2.46. The lowest BCUT2D eigenvalue weighted by Gasteiger charge is -2.23. The molecule has 2 aromatic heterocycles. The Morgan fingerprint density at radius 1 is 1.19 bits per heavy atom. The number of amides is 1. The molecular formula is C33H35F3N7O3S+. The van der Waals surface area contributed by atoms with Crippen molar-refractivity contribution in [1.29, 1.82) is 5.26 Å². The van der Waals surface area contributed by atoms with E-state index in [-0.39, 0.29) is 23.1 Å². The number of halogens is 3. The Morgan fingerprint density at radius 3 is 2.45 bits per heavy atom. The second-order valence-electron chi connectivity index (χ2n) is 11.4. The fourth-order valence-corrected chi connectivity index (χ4v) is 5.65. The van der Waals surface area contributed by atoms with Crippen molar-refractivity contribution in [3.63, 3.8) is 0 Å². The van der Waals surface area contributed by atoms with Crippen molar-refractivity contribution >= 4 is 18.1 Å². The number of rotatable bonds is 7. The van der Waals surface area contributed by atoms with Crippen LogP contribution >= 0.6 is 12.0 Å². The summed E-state index contributed by atoms with van der Waals surface area (Å²) in [6.45, 7) is 10.2. The second-order valence-corrected chi connectivity index (χ2v) is 12.4. The Bertz CT molecular complexity index is 1880. The van der Waals surface area contributed by atoms with E-state index in [1.807, 2.05) is 14.1 Å². The van der Waals surface area contributed by atoms with Crippen molar-refractivity contribution in [2.45, 2.75) is 25.6 Å². The number of allylic oxidation sites excluding steroid dienone is 1. The molecule has 1 atom stereocenters. The zero-order chi connectivity index (χ0) is 34.5. The Hall–Kier alpha value is -4.84. The summed E-state index contributed by atoms with van der Waals surface area (Å²) in [5.74, 6) is 0. The van der Waals surface area contributed by atoms with Gasteiger partial charge in [0.2, 0.25) is 0 Å². The predicted molar refractivity (Wildman–Crippen MR) is 175 cm³/mol. The number of nitrogens with one attached hydrogen (secondary N) is 1. The molecule has 0 saturated carbocycles. The average molecular weight is 667 g/mol. The van der Waals surface area contributed by atoms with E-state index in [1.54, 1.807) is 50.4 Å². The highest BCUT2D eigenvalue weighted by atomic mass is 32.2. The van der Waals surface area contributed by atoms with Gasteiger partial charge >= 0.3 is 17.9 Å². The first-order valence-electron chi connectivity index (χ1n) is 14.4. The number of hydrogen-bond donors (Lipinski definition) is 1. The van der Waals surface area contributed by atoms with Crippen molar-refractivity contribution in [2.24, 2.45) is 0 Å². The highest BCUT2D eigenvalue weighted by molar-refractivity contribution is 7.98. The molecular weight excluding hydrogens is 631 g/mol. The maximum Gasteiger partial charge on any atom is 0.416 e. The van der Waals surface area contributed by atoms with Crippen LogP contribution in [0.3, 0.4) is 0 Å². The van der Waals surface area contributed by atoms with Crippen molar-refractivity contribution in [1.82, 2.24) is 24.2 Å². The predicted octanol–water partition coefficient (Wildman–Crippen LogP) is 6.08. The van der Waals surface area contributed by atoms with E-state index in [0.717, 1.165) is 39.1 Å². The maximum absolute atomic E-state index is 13.9. The summed E-state index contributed by atoms with van der Waals surface area (Å²) in [4.78, 5) is 28.4. The number of nitrogens with zero attached hydrogens (tertiary/aromatic N) is 6. The molecule has 0 spiro atoms. The number of alkyl halides is 3. The number of likely N-dealkylation sites (tertiary alicyclic amines) is 1. The van der Waals surface area contributed by atoms with E-state index in [4.69, 9.17) is 5.26 Å². The quantitative estimate of drug-likeness (QED) is 0.146. The van der Waals surface area contributed by atoms with Gasteiger partial charge in [-0.3, -0.25) is 4.57 Å². The van der Waals surface area contributed by atoms with Crippen molar-refractivity contribution in [2.75, 3.05) is 34.3 Å². The van der Waals surface area contributed by atoms with E-state index in [1.165, 1.54) is 35.1 Å². The van der Waals surface area contributed by atoms with Gasteiger partial charge in [0.1, 0.15) is 5.69 Å². The molecule has 5 rings (SSSR count). The first-order valence-corrected chi connectivity index (χ1v) is 15.2. The Kier molecular flexibility index (Phi) is 10.6. The van der Waals surface area contributed by atoms with Crippen LogP contribution < -0.4 is 11.0 Å². The van der Waals surface area contributed by atoms with E-state index >= 15 is 0 Å². The standard InChI is InChI=1S/C28H26F3N7O2.C5H8OS/c1-18-25(24-11-13-33-37(24)22-9-7-19(16-32)8-10-22)36(26(39)34-21-12-14-38(2,3)17-21)27(40)35(18)23-6-4-5-20(15-23)28(29,30)31;1-4-5(2)7-6-3/h4-11,13,15,21H,12,14,17H2,1-3H3;4H,1-2H2,3H3/p+1. The van der Waals surface area contributed by atoms with Gasteiger partial charge in [-0.1, -0.05) is 25.3 Å². The van der Waals surface area contributed by atoms with Crippen LogP contribution in [0, 0.1) is 18.3 Å². The summed E-state index contributed by atoms with van der Waals surface area (Å²) < 4.78 is 49.5. The van der Waals surface area contributed by atoms with Crippen molar-refractivity contribution in [3.05, 3.63) is 112 Å². The van der Waals surface area contributed by atoms with Crippen LogP contribution in [0.15, 0.2) is 89.7 Å². The van der Waals surface area contributed by atoms with Crippen LogP contribution in [0.25, 0.3) is 22.8 Å². The molecule has 3 heterocycles. The molecule has 14 heteroatoms. The van der Waals surface area contributed by atoms with E-state index in [2.05, 4.69) is 33.8 Å². The number of benzene rings is 2. The number of imidazole rings is 1. The van der Waals surface area contributed by atoms with Crippen LogP contribution in [0.2, 0.25) is 0 Å². The molecule has 47 heavy (non-hydrogen) atoms. The molecule has 10 nitrogen and oxygen atoms in total. The largest absolute Gasteiger partial charge is 0.416 e. The Morgan fingerprint density at radius 2 is 1.89 bits per heavy atom. The van der Waals surface area contributed by atoms with Gasteiger partial charge in [-0.05, 0) is 55.5 Å². The number of carbonyl (C=O) groups is 1. The van der Waals surface area contributed by atoms with Gasteiger partial charge in [0.05, 0.1) is 86.5 Å². The van der Waals surface area contributed by atoms with Gasteiger partial charge in [0.15, 0.2) is 0 Å². The lowest BCUT2D eigenvalue weighted by molar-refractivity contribution is -0.878. The van der Waals surface area contributed by atoms with Gasteiger partial charge in [-0.15, -0.1) is 0 Å². The first-order chi connectivity index (χ1) is 22.2. The molecule has 1 fully saturated rings. The molecule has 0 bridgehead atoms. The topological polar surface area (TPSA) is 107 Å². The number of likely N-dealkylation sites (N-methyl/N-ethyl adjacent to an activating group) is 1. The van der Waals surface area contributed by atoms with Gasteiger partial charge in [0, 0.05) is 23.4 Å². The van der Waals surface area contributed by atoms with Gasteiger partial charge in [-0.2, -0.15) is 23.5 Å². The molecule has 1 unspecified atom stereocenters. The smallest absolute Gasteiger partial charge is 0.329 e. The molecule has 1 aliphatic rings. The third-order valence-corrected chi connectivity index (χ3v) is 8.14. The molecule has 1 N–H and O–H groups in total. The SMILES string of the molecule is C=CC(=C)SOC.Cc1c(-c2ccnn2-c2ccc(C#N)cc2)n(C(=O)NC2CC[N+](C)(C)C2)c(=O)n1-c1cccc(C(F)(F)F)c1. The Labute approximate surface area is 274 Å². The summed E-state index contributed by atoms with van der Waals surface area (Å²) in [6, 6.07) is 13.8. The van der Waals surface area contributed by atoms with Crippen LogP contribution in [0.1, 0.15) is 23.2 Å². The summed E-state index contributed by atoms with van der Waals surface area (Å²) >= 11 is 1.22. The van der Waals surface area contributed by atoms with Crippen molar-refractivity contribution in [3.8, 4) is 28.8 Å². The van der Waals surface area contributed by atoms with E-state index in [9.17, 15) is 22.8 Å². The van der Waals surface area contributed by atoms with Crippen LogP contribution in [-0.4, -0.2) is 69.8 Å². The molecule has 4 aromatic rings. The second kappa shape index (κ2) is 14.3. The number of nitriles is 1. The molecule has 2 aromatic carbocycles. The minimum Gasteiger partial charge on any atom is -0.329 e. The minimum absolute atomic E-state index is 0.0202. The number of carbonyl (C=O) groups excluding carboxylic acids is 1. The number of aromatic nitrogens is 4. The molecule has 0 radical (unpaired) electrons. The van der Waals surface area contributed by atoms with Crippen LogP contribution in [0.4, 0.5) is 18.0 Å². The molecule has 246 valence electrons. The molecule has 1 saturated heterocycles. The van der Waals surface area contributed by atoms with Gasteiger partial charge in [0.25, 0.3) is 0 Å². The number of hydrogen-bond acceptors (Lipinski definition) is 6. The molecule has 1 aliphatic heterocycles. The lowest BCUT2D eigenvalue weighted by atomic mass is 10.2. The normalized spacial score (nSPS) is 15.3. The highest BCUT2D eigenvalue weighted by Gasteiger charge is 2.35. The van der Waals surface area contributed by atoms with Crippen LogP contribution in [0.5, 0.6) is 0 Å². The zero-order valence-electron chi connectivity index (χ0n) is 26.4. The van der Waals surface area contributed by atoms with Gasteiger partial charge in [-0.25, -0.2) is 18.8 Å². The fraction of sp³-hybridized carbons (Fsp3) is 0.273. The zero-order valence-corrected chi connectivity index (χ0v) is 27.2. The van der Waals surface area contributed by atoms with Crippen LogP contribution in [-0.2, 0) is 10.4 Å². The van der Waals surface area contributed by atoms with E-state index < -0.39 is 23.5 Å². The molecule has 0 aliphatic carbocycles. The Balaban J connectivity index is 0.000000644. The first kappa shape index (κ1) is 35.0. The third-order valence-electron chi connectivity index (χ3n) is 7.59. The molecule has 1 amide bonds. The van der Waals surface area contributed by atoms with Gasteiger partial charge < -0.3 is 14.0 Å². The maximum atomic E-state index is 13.9. The third kappa shape index (κ3) is 7.94. The summed E-state index contributed by atoms with van der Waals surface area (Å²) in [6.07, 6.45) is -0.746. The van der Waals surface area contributed by atoms with Crippen molar-refractivity contribution < 1.29 is 26.6 Å². The van der Waals surface area contributed by atoms with E-state index in [0.29, 0.717) is 28.0 Å². The summed E-state index contributed by atoms with van der Waals surface area (Å²) in [5.41, 5.74) is 0.104. The summed E-state index contributed by atoms with van der Waals surface area (Å²) in [7, 11) is 5.70. The minimum atomic E-state index is -4.61. The fourth-order valence-electron chi connectivity index (χ4n) is 5.37.